The number of rotatable bonds is 13. The molecule has 0 aromatic carbocycles. The van der Waals surface area contributed by atoms with Crippen LogP contribution in [0.4, 0.5) is 0 Å². The first-order valence-corrected chi connectivity index (χ1v) is 10.3. The van der Waals surface area contributed by atoms with Gasteiger partial charge < -0.3 is 10.2 Å². The van der Waals surface area contributed by atoms with Crippen molar-refractivity contribution < 1.29 is 19.8 Å². The van der Waals surface area contributed by atoms with Crippen molar-refractivity contribution in [1.82, 2.24) is 0 Å². The smallest absolute Gasteiger partial charge is 0.332 e. The fraction of sp³-hybridized carbons (Fsp3) is 0.520. The molecule has 0 fully saturated rings. The first-order valence-electron chi connectivity index (χ1n) is 10.3. The van der Waals surface area contributed by atoms with Crippen molar-refractivity contribution in [3.8, 4) is 0 Å². The van der Waals surface area contributed by atoms with Crippen LogP contribution in [0.5, 0.6) is 0 Å². The average molecular weight is 403 g/mol. The van der Waals surface area contributed by atoms with E-state index in [2.05, 4.69) is 45.9 Å². The maximum Gasteiger partial charge on any atom is 0.332 e. The quantitative estimate of drug-likeness (QED) is 0.257. The van der Waals surface area contributed by atoms with Gasteiger partial charge in [-0.2, -0.15) is 0 Å². The molecule has 4 heteroatoms. The second-order valence-corrected chi connectivity index (χ2v) is 7.97. The Kier molecular flexibility index (Phi) is 13.4. The Morgan fingerprint density at radius 2 is 1.03 bits per heavy atom. The van der Waals surface area contributed by atoms with E-state index in [0.29, 0.717) is 0 Å². The second kappa shape index (κ2) is 14.6. The van der Waals surface area contributed by atoms with Crippen molar-refractivity contribution in [1.29, 1.82) is 0 Å². The van der Waals surface area contributed by atoms with Crippen LogP contribution in [0.1, 0.15) is 86.5 Å². The number of allylic oxidation sites excluding steroid dienone is 8. The zero-order chi connectivity index (χ0) is 22.4. The summed E-state index contributed by atoms with van der Waals surface area (Å²) >= 11 is 0. The maximum absolute atomic E-state index is 11.2. The summed E-state index contributed by atoms with van der Waals surface area (Å²) in [5, 5.41) is 18.2. The molecule has 0 spiro atoms. The van der Waals surface area contributed by atoms with Gasteiger partial charge in [-0.3, -0.25) is 0 Å². The van der Waals surface area contributed by atoms with Crippen molar-refractivity contribution in [2.75, 3.05) is 0 Å². The molecule has 0 heterocycles. The summed E-state index contributed by atoms with van der Waals surface area (Å²) < 4.78 is 0. The van der Waals surface area contributed by atoms with Crippen molar-refractivity contribution in [3.63, 3.8) is 0 Å². The van der Waals surface area contributed by atoms with Crippen LogP contribution in [-0.4, -0.2) is 22.2 Å². The van der Waals surface area contributed by atoms with Crippen LogP contribution in [0.3, 0.4) is 0 Å². The van der Waals surface area contributed by atoms with Gasteiger partial charge in [0.05, 0.1) is 5.57 Å². The van der Waals surface area contributed by atoms with Crippen LogP contribution in [0, 0.1) is 0 Å². The molecule has 0 saturated carbocycles. The molecular formula is C25H38O4. The monoisotopic (exact) mass is 402 g/mol. The number of aliphatic carboxylic acids is 2. The van der Waals surface area contributed by atoms with Crippen LogP contribution >= 0.6 is 0 Å². The highest BCUT2D eigenvalue weighted by Gasteiger charge is 2.14. The van der Waals surface area contributed by atoms with Crippen LogP contribution in [-0.2, 0) is 9.59 Å². The average Bonchev–Trinajstić information content (AvgIpc) is 2.60. The largest absolute Gasteiger partial charge is 0.478 e. The maximum atomic E-state index is 11.2. The number of carbonyl (C=O) groups is 2. The van der Waals surface area contributed by atoms with E-state index >= 15 is 0 Å². The normalized spacial score (nSPS) is 13.8. The van der Waals surface area contributed by atoms with Crippen molar-refractivity contribution in [2.24, 2.45) is 0 Å². The third kappa shape index (κ3) is 13.4. The second-order valence-electron chi connectivity index (χ2n) is 7.97. The van der Waals surface area contributed by atoms with Gasteiger partial charge in [0.1, 0.15) is 0 Å². The zero-order valence-corrected chi connectivity index (χ0v) is 19.0. The van der Waals surface area contributed by atoms with E-state index in [-0.39, 0.29) is 17.6 Å². The van der Waals surface area contributed by atoms with Crippen LogP contribution < -0.4 is 0 Å². The van der Waals surface area contributed by atoms with Crippen LogP contribution in [0.2, 0.25) is 0 Å². The Labute approximate surface area is 176 Å². The van der Waals surface area contributed by atoms with Gasteiger partial charge in [-0.15, -0.1) is 0 Å². The molecule has 0 aliphatic rings. The number of hydrogen-bond acceptors (Lipinski definition) is 2. The Balaban J connectivity index is 4.47. The van der Waals surface area contributed by atoms with E-state index in [1.54, 1.807) is 0 Å². The summed E-state index contributed by atoms with van der Waals surface area (Å²) in [5.74, 6) is -2.36. The standard InChI is InChI=1S/C25H38O4/c1-18(2)10-7-11-19(3)12-8-13-20(4)14-9-15-21(5)16-17-23(25(28)29)22(6)24(26)27/h10,12,14,16H,7-9,11,13,15,17H2,1-6H3,(H,26,27)(H,28,29)/b19-12+,20-14+,21-16+,23-22-. The molecule has 0 amide bonds. The van der Waals surface area contributed by atoms with E-state index in [0.717, 1.165) is 44.1 Å². The zero-order valence-electron chi connectivity index (χ0n) is 19.0. The lowest BCUT2D eigenvalue weighted by Crippen LogP contribution is -2.08. The lowest BCUT2D eigenvalue weighted by molar-refractivity contribution is -0.135. The molecule has 0 rings (SSSR count). The number of hydrogen-bond donors (Lipinski definition) is 2. The van der Waals surface area contributed by atoms with Gasteiger partial charge in [-0.25, -0.2) is 9.59 Å². The third-order valence-corrected chi connectivity index (χ3v) is 4.84. The van der Waals surface area contributed by atoms with Crippen molar-refractivity contribution in [2.45, 2.75) is 86.5 Å². The first-order chi connectivity index (χ1) is 13.5. The highest BCUT2D eigenvalue weighted by molar-refractivity contribution is 5.98. The third-order valence-electron chi connectivity index (χ3n) is 4.84. The molecule has 0 atom stereocenters. The lowest BCUT2D eigenvalue weighted by atomic mass is 10.0. The van der Waals surface area contributed by atoms with Crippen LogP contribution in [0.25, 0.3) is 0 Å². The molecule has 0 aromatic rings. The lowest BCUT2D eigenvalue weighted by Gasteiger charge is -2.04. The van der Waals surface area contributed by atoms with Crippen molar-refractivity contribution >= 4 is 11.9 Å². The highest BCUT2D eigenvalue weighted by Crippen LogP contribution is 2.16. The predicted molar refractivity (Wildman–Crippen MR) is 121 cm³/mol. The summed E-state index contributed by atoms with van der Waals surface area (Å²) in [6.07, 6.45) is 14.9. The van der Waals surface area contributed by atoms with Crippen molar-refractivity contribution in [3.05, 3.63) is 57.7 Å². The van der Waals surface area contributed by atoms with Gasteiger partial charge >= 0.3 is 11.9 Å². The van der Waals surface area contributed by atoms with Gasteiger partial charge in [0.25, 0.3) is 0 Å². The molecular weight excluding hydrogens is 364 g/mol. The number of carboxylic acid groups (broad SMARTS) is 2. The fourth-order valence-corrected chi connectivity index (χ4v) is 2.79. The summed E-state index contributed by atoms with van der Waals surface area (Å²) in [6.45, 7) is 11.9. The van der Waals surface area contributed by atoms with Gasteiger partial charge in [-0.05, 0) is 86.5 Å². The van der Waals surface area contributed by atoms with Gasteiger partial charge in [0.2, 0.25) is 0 Å². The highest BCUT2D eigenvalue weighted by atomic mass is 16.4. The topological polar surface area (TPSA) is 74.6 Å². The molecule has 4 nitrogen and oxygen atoms in total. The van der Waals surface area contributed by atoms with E-state index in [4.69, 9.17) is 5.11 Å². The van der Waals surface area contributed by atoms with Gasteiger partial charge in [0.15, 0.2) is 0 Å². The molecule has 2 N–H and O–H groups in total. The summed E-state index contributed by atoms with van der Waals surface area (Å²) in [6, 6.07) is 0. The minimum atomic E-state index is -1.19. The Morgan fingerprint density at radius 1 is 0.621 bits per heavy atom. The molecule has 29 heavy (non-hydrogen) atoms. The minimum absolute atomic E-state index is 0.0599. The Hall–Kier alpha value is -2.36. The van der Waals surface area contributed by atoms with E-state index in [1.807, 2.05) is 13.0 Å². The minimum Gasteiger partial charge on any atom is -0.478 e. The first kappa shape index (κ1) is 26.6. The molecule has 0 bridgehead atoms. The summed E-state index contributed by atoms with van der Waals surface area (Å²) in [5.41, 5.74) is 5.07. The van der Waals surface area contributed by atoms with E-state index < -0.39 is 11.9 Å². The summed E-state index contributed by atoms with van der Waals surface area (Å²) in [7, 11) is 0. The Bertz CT molecular complexity index is 711. The van der Waals surface area contributed by atoms with E-state index in [9.17, 15) is 14.7 Å². The SMILES string of the molecule is CC(C)=CCC/C(C)=C/CC/C(C)=C/CC/C(C)=C/C/C(C(=O)O)=C(\C)C(=O)O. The molecule has 0 aliphatic carbocycles. The molecule has 162 valence electrons. The summed E-state index contributed by atoms with van der Waals surface area (Å²) in [4.78, 5) is 22.2. The number of carboxylic acids is 2. The molecule has 0 aliphatic heterocycles. The van der Waals surface area contributed by atoms with Gasteiger partial charge in [0, 0.05) is 5.57 Å². The fourth-order valence-electron chi connectivity index (χ4n) is 2.79. The van der Waals surface area contributed by atoms with Gasteiger partial charge in [-0.1, -0.05) is 46.6 Å². The van der Waals surface area contributed by atoms with E-state index in [1.165, 1.54) is 23.6 Å². The Morgan fingerprint density at radius 3 is 1.41 bits per heavy atom. The molecule has 0 saturated heterocycles. The molecule has 0 aromatic heterocycles. The predicted octanol–water partition coefficient (Wildman–Crippen LogP) is 7.01. The van der Waals surface area contributed by atoms with Crippen LogP contribution in [0.15, 0.2) is 57.7 Å². The molecule has 0 unspecified atom stereocenters. The molecule has 0 radical (unpaired) electrons.